The molecule has 1 heterocycles. The first-order chi connectivity index (χ1) is 14.6. The Morgan fingerprint density at radius 1 is 1.06 bits per heavy atom. The molecule has 0 spiro atoms. The molecule has 0 saturated heterocycles. The van der Waals surface area contributed by atoms with E-state index >= 15 is 0 Å². The summed E-state index contributed by atoms with van der Waals surface area (Å²) < 4.78 is 39.4. The Bertz CT molecular complexity index is 1250. The highest BCUT2D eigenvalue weighted by Crippen LogP contribution is 2.33. The molecule has 2 unspecified atom stereocenters. The smallest absolute Gasteiger partial charge is 0.303 e. The Kier molecular flexibility index (Phi) is 6.20. The van der Waals surface area contributed by atoms with Gasteiger partial charge in [-0.05, 0) is 36.4 Å². The van der Waals surface area contributed by atoms with Crippen LogP contribution >= 0.6 is 12.6 Å². The van der Waals surface area contributed by atoms with Gasteiger partial charge < -0.3 is 25.7 Å². The molecule has 13 heteroatoms. The number of hydrogen-bond acceptors (Lipinski definition) is 10. The number of ether oxygens (including phenoxy) is 3. The van der Waals surface area contributed by atoms with Crippen molar-refractivity contribution in [2.45, 2.75) is 15.5 Å². The number of benzene rings is 2. The minimum atomic E-state index is -4.16. The van der Waals surface area contributed by atoms with E-state index in [-0.39, 0.29) is 10.6 Å². The van der Waals surface area contributed by atoms with Crippen molar-refractivity contribution in [2.24, 2.45) is 21.5 Å². The first kappa shape index (κ1) is 22.5. The second-order valence-corrected chi connectivity index (χ2v) is 9.23. The number of rotatable bonds is 9. The number of nitrogens with two attached hydrogens (primary N) is 2. The van der Waals surface area contributed by atoms with Crippen molar-refractivity contribution in [3.8, 4) is 11.5 Å². The number of amides is 2. The second-order valence-electron chi connectivity index (χ2n) is 6.26. The van der Waals surface area contributed by atoms with E-state index in [0.717, 1.165) is 0 Å². The Morgan fingerprint density at radius 3 is 2.26 bits per heavy atom. The molecule has 0 bridgehead atoms. The van der Waals surface area contributed by atoms with Gasteiger partial charge in [0.15, 0.2) is 0 Å². The van der Waals surface area contributed by atoms with Gasteiger partial charge in [0, 0.05) is 6.07 Å². The Labute approximate surface area is 182 Å². The summed E-state index contributed by atoms with van der Waals surface area (Å²) in [4.78, 5) is 30.3. The third-order valence-corrected chi connectivity index (χ3v) is 6.78. The van der Waals surface area contributed by atoms with Crippen LogP contribution < -0.4 is 31.7 Å². The summed E-state index contributed by atoms with van der Waals surface area (Å²) in [6.07, 6.45) is -1.59. The van der Waals surface area contributed by atoms with E-state index < -0.39 is 38.9 Å². The van der Waals surface area contributed by atoms with Crippen LogP contribution in [0.4, 0.5) is 0 Å². The molecule has 164 valence electrons. The van der Waals surface area contributed by atoms with E-state index in [1.807, 2.05) is 0 Å². The minimum absolute atomic E-state index is 0.0637. The second kappa shape index (κ2) is 8.53. The Morgan fingerprint density at radius 2 is 1.68 bits per heavy atom. The number of fused-ring (bicyclic) bond motifs is 1. The van der Waals surface area contributed by atoms with Crippen molar-refractivity contribution in [1.29, 1.82) is 0 Å². The molecule has 0 radical (unpaired) electrons. The Balaban J connectivity index is 1.85. The van der Waals surface area contributed by atoms with Gasteiger partial charge in [0.05, 0.1) is 22.7 Å². The maximum atomic E-state index is 13.1. The summed E-state index contributed by atoms with van der Waals surface area (Å²) in [6.45, 7) is -0.587. The first-order valence-corrected chi connectivity index (χ1v) is 10.6. The predicted molar refractivity (Wildman–Crippen MR) is 109 cm³/mol. The average Bonchev–Trinajstić information content (AvgIpc) is 3.08. The molecular weight excluding hydrogens is 448 g/mol. The molecule has 3 rings (SSSR count). The summed E-state index contributed by atoms with van der Waals surface area (Å²) in [7, 11) is -2.68. The van der Waals surface area contributed by atoms with Crippen LogP contribution in [0.15, 0.2) is 57.3 Å². The summed E-state index contributed by atoms with van der Waals surface area (Å²) in [5.41, 5.74) is 10.1. The van der Waals surface area contributed by atoms with E-state index in [1.165, 1.54) is 31.4 Å². The van der Waals surface area contributed by atoms with Crippen LogP contribution in [0.2, 0.25) is 0 Å². The molecular formula is C18H18N4O7S2. The summed E-state index contributed by atoms with van der Waals surface area (Å²) in [5.74, 6) is -1.26. The van der Waals surface area contributed by atoms with Crippen LogP contribution in [0, 0.1) is 0 Å². The molecule has 0 fully saturated rings. The largest absolute Gasteiger partial charge is 0.497 e. The monoisotopic (exact) mass is 466 g/mol. The van der Waals surface area contributed by atoms with Crippen LogP contribution in [0.3, 0.4) is 0 Å². The van der Waals surface area contributed by atoms with E-state index in [4.69, 9.17) is 25.7 Å². The lowest BCUT2D eigenvalue weighted by Gasteiger charge is -2.18. The van der Waals surface area contributed by atoms with E-state index in [2.05, 4.69) is 22.6 Å². The van der Waals surface area contributed by atoms with Crippen molar-refractivity contribution in [3.05, 3.63) is 53.2 Å². The number of primary amides is 2. The molecule has 11 nitrogen and oxygen atoms in total. The molecule has 2 aromatic carbocycles. The lowest BCUT2D eigenvalue weighted by Crippen LogP contribution is -2.38. The van der Waals surface area contributed by atoms with E-state index in [9.17, 15) is 18.0 Å². The highest BCUT2D eigenvalue weighted by molar-refractivity contribution is 8.06. The zero-order valence-electron chi connectivity index (χ0n) is 16.1. The topological polar surface area (TPSA) is 173 Å². The molecule has 0 saturated carbocycles. The molecule has 1 aliphatic heterocycles. The molecule has 0 aliphatic carbocycles. The van der Waals surface area contributed by atoms with Crippen molar-refractivity contribution in [2.75, 3.05) is 13.7 Å². The van der Waals surface area contributed by atoms with Crippen LogP contribution in [0.5, 0.6) is 11.5 Å². The highest BCUT2D eigenvalue weighted by Gasteiger charge is 2.43. The summed E-state index contributed by atoms with van der Waals surface area (Å²) in [6, 6.07) is 9.77. The normalized spacial score (nSPS) is 18.3. The number of hydrogen-bond donors (Lipinski definition) is 3. The maximum Gasteiger partial charge on any atom is 0.303 e. The number of methoxy groups -OCH3 is 1. The molecule has 4 N–H and O–H groups in total. The van der Waals surface area contributed by atoms with Crippen LogP contribution in [0.25, 0.3) is 0 Å². The van der Waals surface area contributed by atoms with Gasteiger partial charge in [-0.3, -0.25) is 9.59 Å². The third kappa shape index (κ3) is 4.62. The fourth-order valence-electron chi connectivity index (χ4n) is 2.58. The maximum absolute atomic E-state index is 13.1. The quantitative estimate of drug-likeness (QED) is 0.303. The van der Waals surface area contributed by atoms with Crippen molar-refractivity contribution in [3.63, 3.8) is 0 Å². The van der Waals surface area contributed by atoms with Crippen molar-refractivity contribution >= 4 is 34.3 Å². The van der Waals surface area contributed by atoms with Gasteiger partial charge in [-0.2, -0.15) is 0 Å². The van der Waals surface area contributed by atoms with Gasteiger partial charge in [0.25, 0.3) is 12.2 Å². The molecule has 2 atom stereocenters. The first-order valence-electron chi connectivity index (χ1n) is 8.62. The lowest BCUT2D eigenvalue weighted by molar-refractivity contribution is -0.153. The van der Waals surface area contributed by atoms with Gasteiger partial charge in [0.1, 0.15) is 18.1 Å². The van der Waals surface area contributed by atoms with Gasteiger partial charge in [-0.25, -0.2) is 18.4 Å². The third-order valence-electron chi connectivity index (χ3n) is 4.06. The highest BCUT2D eigenvalue weighted by atomic mass is 32.2. The van der Waals surface area contributed by atoms with Crippen LogP contribution in [-0.4, -0.2) is 44.6 Å². The number of sulfone groups is 1. The molecule has 0 aromatic heterocycles. The van der Waals surface area contributed by atoms with Crippen molar-refractivity contribution in [1.82, 2.24) is 0 Å². The fourth-order valence-corrected chi connectivity index (χ4v) is 4.36. The number of nitrogens with zero attached hydrogens (tertiary/aromatic N) is 2. The van der Waals surface area contributed by atoms with Gasteiger partial charge in [-0.15, -0.1) is 12.6 Å². The zero-order chi connectivity index (χ0) is 22.8. The predicted octanol–water partition coefficient (Wildman–Crippen LogP) is -1.34. The summed E-state index contributed by atoms with van der Waals surface area (Å²) in [5, 5.41) is 0.684. The van der Waals surface area contributed by atoms with E-state index in [1.54, 1.807) is 18.2 Å². The average molecular weight is 466 g/mol. The summed E-state index contributed by atoms with van der Waals surface area (Å²) >= 11 is 4.22. The van der Waals surface area contributed by atoms with Gasteiger partial charge >= 0.3 is 4.33 Å². The van der Waals surface area contributed by atoms with Crippen LogP contribution in [0.1, 0.15) is 0 Å². The molecule has 31 heavy (non-hydrogen) atoms. The van der Waals surface area contributed by atoms with Crippen LogP contribution in [-0.2, 0) is 24.2 Å². The number of carbonyl (C=O) groups is 2. The number of carbonyl (C=O) groups excluding carboxylic acids is 2. The molecule has 1 aliphatic rings. The van der Waals surface area contributed by atoms with E-state index in [0.29, 0.717) is 16.5 Å². The SMILES string of the molecule is COc1ccc2c(c1)=NC(S)(S(=O)(=O)c1ccc(OC(OCC(N)=O)C(N)=O)cc1)N=2. The number of thiol groups is 1. The molecule has 2 aromatic rings. The fraction of sp³-hybridized carbons (Fsp3) is 0.222. The minimum Gasteiger partial charge on any atom is -0.497 e. The van der Waals surface area contributed by atoms with Gasteiger partial charge in [0.2, 0.25) is 15.7 Å². The lowest BCUT2D eigenvalue weighted by atomic mass is 10.3. The Hall–Kier alpha value is -3.16. The van der Waals surface area contributed by atoms with Crippen molar-refractivity contribution < 1.29 is 32.2 Å². The standard InChI is InChI=1S/C18H18N4O7S2/c1-27-11-4-7-13-14(8-11)22-18(30,21-13)31(25,26)12-5-2-10(3-6-12)29-17(16(20)24)28-9-15(19)23/h2-8,17,30H,9H2,1H3,(H2,19,23)(H2,20,24). The molecule has 2 amide bonds. The van der Waals surface area contributed by atoms with Gasteiger partial charge in [-0.1, -0.05) is 0 Å². The zero-order valence-corrected chi connectivity index (χ0v) is 17.8.